The Balaban J connectivity index is 4.19. The van der Waals surface area contributed by atoms with Crippen LogP contribution >= 0.6 is 0 Å². The Morgan fingerprint density at radius 2 is 0.933 bits per heavy atom. The van der Waals surface area contributed by atoms with Crippen LogP contribution in [0.4, 0.5) is 0 Å². The van der Waals surface area contributed by atoms with Crippen LogP contribution in [0.2, 0.25) is 0 Å². The second kappa shape index (κ2) is 35.7. The van der Waals surface area contributed by atoms with Gasteiger partial charge >= 0.3 is 11.9 Å². The zero-order valence-electron chi connectivity index (χ0n) is 30.4. The molecule has 45 heavy (non-hydrogen) atoms. The van der Waals surface area contributed by atoms with Gasteiger partial charge in [0.1, 0.15) is 6.10 Å². The SMILES string of the molecule is CCCCCCCCC(CCCCCCCC)OC(=O)CCCCN(CCCO)CCCCCCCCC(=O)OCCCCC. The van der Waals surface area contributed by atoms with E-state index in [1.807, 2.05) is 0 Å². The molecule has 0 aliphatic carbocycles. The molecular weight excluding hydrogens is 562 g/mol. The van der Waals surface area contributed by atoms with E-state index in [2.05, 4.69) is 25.7 Å². The number of carbonyl (C=O) groups excluding carboxylic acids is 2. The first kappa shape index (κ1) is 43.9. The van der Waals surface area contributed by atoms with Gasteiger partial charge in [-0.05, 0) is 77.3 Å². The molecule has 0 atom stereocenters. The number of aliphatic hydroxyl groups excluding tert-OH is 1. The largest absolute Gasteiger partial charge is 0.466 e. The highest BCUT2D eigenvalue weighted by atomic mass is 16.5. The van der Waals surface area contributed by atoms with Gasteiger partial charge in [0.15, 0.2) is 0 Å². The van der Waals surface area contributed by atoms with Gasteiger partial charge in [-0.3, -0.25) is 9.59 Å². The minimum atomic E-state index is -0.0416. The van der Waals surface area contributed by atoms with Crippen molar-refractivity contribution in [3.05, 3.63) is 0 Å². The highest BCUT2D eigenvalue weighted by Gasteiger charge is 2.15. The van der Waals surface area contributed by atoms with Gasteiger partial charge in [-0.2, -0.15) is 0 Å². The molecule has 0 aromatic carbocycles. The lowest BCUT2D eigenvalue weighted by Gasteiger charge is -2.22. The summed E-state index contributed by atoms with van der Waals surface area (Å²) in [6, 6.07) is 0. The highest BCUT2D eigenvalue weighted by molar-refractivity contribution is 5.69. The number of hydrogen-bond acceptors (Lipinski definition) is 6. The Bertz CT molecular complexity index is 613. The van der Waals surface area contributed by atoms with E-state index in [1.54, 1.807) is 0 Å². The van der Waals surface area contributed by atoms with Crippen LogP contribution in [-0.2, 0) is 19.1 Å². The third-order valence-corrected chi connectivity index (χ3v) is 8.91. The number of nitrogens with zero attached hydrogens (tertiary/aromatic N) is 1. The molecule has 0 aromatic heterocycles. The van der Waals surface area contributed by atoms with Gasteiger partial charge < -0.3 is 19.5 Å². The smallest absolute Gasteiger partial charge is 0.306 e. The number of aliphatic hydroxyl groups is 1. The second-order valence-corrected chi connectivity index (χ2v) is 13.4. The van der Waals surface area contributed by atoms with Crippen molar-refractivity contribution in [2.75, 3.05) is 32.8 Å². The van der Waals surface area contributed by atoms with Crippen molar-refractivity contribution < 1.29 is 24.2 Å². The number of hydrogen-bond donors (Lipinski definition) is 1. The first-order chi connectivity index (χ1) is 22.1. The molecule has 0 fully saturated rings. The quantitative estimate of drug-likeness (QED) is 0.0543. The molecule has 0 aliphatic heterocycles. The third kappa shape index (κ3) is 32.6. The lowest BCUT2D eigenvalue weighted by atomic mass is 10.0. The van der Waals surface area contributed by atoms with E-state index >= 15 is 0 Å². The van der Waals surface area contributed by atoms with Crippen molar-refractivity contribution in [2.45, 2.75) is 207 Å². The van der Waals surface area contributed by atoms with Crippen LogP contribution in [0.15, 0.2) is 0 Å². The lowest BCUT2D eigenvalue weighted by molar-refractivity contribution is -0.150. The van der Waals surface area contributed by atoms with E-state index in [0.29, 0.717) is 19.4 Å². The van der Waals surface area contributed by atoms with Crippen LogP contribution in [-0.4, -0.2) is 60.9 Å². The van der Waals surface area contributed by atoms with Crippen molar-refractivity contribution in [1.29, 1.82) is 0 Å². The average Bonchev–Trinajstić information content (AvgIpc) is 3.04. The molecule has 268 valence electrons. The summed E-state index contributed by atoms with van der Waals surface area (Å²) >= 11 is 0. The van der Waals surface area contributed by atoms with Crippen LogP contribution in [0.1, 0.15) is 201 Å². The first-order valence-electron chi connectivity index (χ1n) is 19.8. The summed E-state index contributed by atoms with van der Waals surface area (Å²) in [4.78, 5) is 27.0. The Morgan fingerprint density at radius 1 is 0.511 bits per heavy atom. The summed E-state index contributed by atoms with van der Waals surface area (Å²) in [5.74, 6) is -0.0522. The van der Waals surface area contributed by atoms with Crippen LogP contribution in [0.3, 0.4) is 0 Å². The van der Waals surface area contributed by atoms with Crippen LogP contribution in [0.25, 0.3) is 0 Å². The molecule has 0 aliphatic rings. The number of ether oxygens (including phenoxy) is 2. The minimum Gasteiger partial charge on any atom is -0.466 e. The molecule has 0 unspecified atom stereocenters. The van der Waals surface area contributed by atoms with Crippen molar-refractivity contribution in [1.82, 2.24) is 4.90 Å². The molecule has 0 spiro atoms. The lowest BCUT2D eigenvalue weighted by Crippen LogP contribution is -2.28. The molecule has 0 saturated carbocycles. The molecular formula is C39H77NO5. The molecule has 0 radical (unpaired) electrons. The van der Waals surface area contributed by atoms with E-state index in [9.17, 15) is 14.7 Å². The van der Waals surface area contributed by atoms with Gasteiger partial charge in [0, 0.05) is 26.0 Å². The molecule has 0 rings (SSSR count). The molecule has 0 bridgehead atoms. The van der Waals surface area contributed by atoms with Gasteiger partial charge in [-0.15, -0.1) is 0 Å². The molecule has 0 aromatic rings. The summed E-state index contributed by atoms with van der Waals surface area (Å²) < 4.78 is 11.3. The maximum Gasteiger partial charge on any atom is 0.306 e. The topological polar surface area (TPSA) is 76.1 Å². The van der Waals surface area contributed by atoms with E-state index < -0.39 is 0 Å². The molecule has 1 N–H and O–H groups in total. The van der Waals surface area contributed by atoms with Gasteiger partial charge in [0.25, 0.3) is 0 Å². The third-order valence-electron chi connectivity index (χ3n) is 8.91. The molecule has 0 amide bonds. The summed E-state index contributed by atoms with van der Waals surface area (Å²) in [5, 5.41) is 9.36. The van der Waals surface area contributed by atoms with Crippen molar-refractivity contribution >= 4 is 11.9 Å². The zero-order chi connectivity index (χ0) is 33.1. The second-order valence-electron chi connectivity index (χ2n) is 13.4. The van der Waals surface area contributed by atoms with Gasteiger partial charge in [0.05, 0.1) is 6.61 Å². The monoisotopic (exact) mass is 640 g/mol. The van der Waals surface area contributed by atoms with Crippen LogP contribution in [0, 0.1) is 0 Å². The molecule has 6 heteroatoms. The fraction of sp³-hybridized carbons (Fsp3) is 0.949. The van der Waals surface area contributed by atoms with Gasteiger partial charge in [-0.1, -0.05) is 124 Å². The van der Waals surface area contributed by atoms with Crippen LogP contribution in [0.5, 0.6) is 0 Å². The number of esters is 2. The Morgan fingerprint density at radius 3 is 1.51 bits per heavy atom. The van der Waals surface area contributed by atoms with Crippen molar-refractivity contribution in [3.63, 3.8) is 0 Å². The first-order valence-corrected chi connectivity index (χ1v) is 19.8. The normalized spacial score (nSPS) is 11.5. The molecule has 0 saturated heterocycles. The van der Waals surface area contributed by atoms with Gasteiger partial charge in [-0.25, -0.2) is 0 Å². The highest BCUT2D eigenvalue weighted by Crippen LogP contribution is 2.18. The number of carbonyl (C=O) groups is 2. The maximum absolute atomic E-state index is 12.8. The molecule has 6 nitrogen and oxygen atoms in total. The van der Waals surface area contributed by atoms with Crippen molar-refractivity contribution in [2.24, 2.45) is 0 Å². The minimum absolute atomic E-state index is 0.0105. The van der Waals surface area contributed by atoms with Crippen molar-refractivity contribution in [3.8, 4) is 0 Å². The summed E-state index contributed by atoms with van der Waals surface area (Å²) in [7, 11) is 0. The standard InChI is InChI=1S/C39H77NO5/c1-4-7-10-12-16-20-28-37(29-21-17-13-11-8-5-2)45-39(43)31-23-25-33-40(34-27-35-41)32-24-19-15-14-18-22-30-38(42)44-36-26-9-6-3/h37,41H,4-36H2,1-3H3. The summed E-state index contributed by atoms with van der Waals surface area (Å²) in [6.45, 7) is 10.4. The summed E-state index contributed by atoms with van der Waals surface area (Å²) in [6.07, 6.45) is 31.2. The van der Waals surface area contributed by atoms with Crippen LogP contribution < -0.4 is 0 Å². The Labute approximate surface area is 280 Å². The zero-order valence-corrected chi connectivity index (χ0v) is 30.4. The molecule has 0 heterocycles. The van der Waals surface area contributed by atoms with Gasteiger partial charge in [0.2, 0.25) is 0 Å². The Kier molecular flexibility index (Phi) is 34.8. The maximum atomic E-state index is 12.8. The fourth-order valence-corrected chi connectivity index (χ4v) is 5.97. The predicted octanol–water partition coefficient (Wildman–Crippen LogP) is 10.7. The Hall–Kier alpha value is -1.14. The van der Waals surface area contributed by atoms with E-state index in [4.69, 9.17) is 9.47 Å². The number of unbranched alkanes of at least 4 members (excludes halogenated alkanes) is 18. The van der Waals surface area contributed by atoms with E-state index in [-0.39, 0.29) is 24.6 Å². The van der Waals surface area contributed by atoms with E-state index in [1.165, 1.54) is 96.3 Å². The predicted molar refractivity (Wildman–Crippen MR) is 191 cm³/mol. The average molecular weight is 640 g/mol. The number of rotatable bonds is 36. The van der Waals surface area contributed by atoms with E-state index in [0.717, 1.165) is 90.3 Å². The fourth-order valence-electron chi connectivity index (χ4n) is 5.97. The summed E-state index contributed by atoms with van der Waals surface area (Å²) in [5.41, 5.74) is 0.